The zero-order valence-electron chi connectivity index (χ0n) is 13.6. The smallest absolute Gasteiger partial charge is 0.261 e. The van der Waals surface area contributed by atoms with E-state index in [2.05, 4.69) is 0 Å². The van der Waals surface area contributed by atoms with E-state index in [0.29, 0.717) is 24.6 Å². The van der Waals surface area contributed by atoms with Crippen LogP contribution < -0.4 is 4.74 Å². The molecule has 2 aromatic carbocycles. The molecule has 0 aliphatic carbocycles. The highest BCUT2D eigenvalue weighted by Crippen LogP contribution is 2.14. The first-order valence-electron chi connectivity index (χ1n) is 7.93. The van der Waals surface area contributed by atoms with Crippen molar-refractivity contribution in [1.29, 1.82) is 0 Å². The third-order valence-electron chi connectivity index (χ3n) is 3.67. The van der Waals surface area contributed by atoms with E-state index in [1.807, 2.05) is 36.4 Å². The van der Waals surface area contributed by atoms with E-state index in [4.69, 9.17) is 9.15 Å². The van der Waals surface area contributed by atoms with Crippen LogP contribution >= 0.6 is 0 Å². The molecular weight excluding hydrogens is 321 g/mol. The van der Waals surface area contributed by atoms with Gasteiger partial charge in [0.1, 0.15) is 17.3 Å². The molecule has 0 N–H and O–H groups in total. The standard InChI is InChI=1S/C20H18FNO3/c21-17-8-10-18(11-9-17)25-15-20(23)22(14-19-7-4-12-24-19)13-16-5-2-1-3-6-16/h1-12H,13-15H2. The molecule has 1 heterocycles. The van der Waals surface area contributed by atoms with Gasteiger partial charge in [-0.1, -0.05) is 30.3 Å². The largest absolute Gasteiger partial charge is 0.484 e. The number of carbonyl (C=O) groups is 1. The molecule has 0 bridgehead atoms. The van der Waals surface area contributed by atoms with Crippen LogP contribution in [-0.4, -0.2) is 17.4 Å². The van der Waals surface area contributed by atoms with Gasteiger partial charge in [-0.15, -0.1) is 0 Å². The van der Waals surface area contributed by atoms with Gasteiger partial charge in [0.05, 0.1) is 12.8 Å². The minimum Gasteiger partial charge on any atom is -0.484 e. The van der Waals surface area contributed by atoms with E-state index < -0.39 is 0 Å². The Morgan fingerprint density at radius 2 is 1.72 bits per heavy atom. The molecule has 0 aliphatic rings. The van der Waals surface area contributed by atoms with Gasteiger partial charge in [0, 0.05) is 6.54 Å². The van der Waals surface area contributed by atoms with Crippen molar-refractivity contribution in [2.75, 3.05) is 6.61 Å². The Morgan fingerprint density at radius 3 is 2.40 bits per heavy atom. The quantitative estimate of drug-likeness (QED) is 0.653. The minimum absolute atomic E-state index is 0.126. The molecule has 3 aromatic rings. The van der Waals surface area contributed by atoms with Gasteiger partial charge in [-0.3, -0.25) is 4.79 Å². The third kappa shape index (κ3) is 4.94. The van der Waals surface area contributed by atoms with Gasteiger partial charge in [0.2, 0.25) is 0 Å². The number of rotatable bonds is 7. The molecule has 0 saturated heterocycles. The lowest BCUT2D eigenvalue weighted by Gasteiger charge is -2.22. The highest BCUT2D eigenvalue weighted by Gasteiger charge is 2.16. The van der Waals surface area contributed by atoms with Gasteiger partial charge >= 0.3 is 0 Å². The Kier molecular flexibility index (Phi) is 5.46. The van der Waals surface area contributed by atoms with Crippen molar-refractivity contribution in [1.82, 2.24) is 4.90 Å². The first kappa shape index (κ1) is 16.8. The molecule has 0 radical (unpaired) electrons. The maximum absolute atomic E-state index is 12.9. The number of benzene rings is 2. The van der Waals surface area contributed by atoms with E-state index in [1.165, 1.54) is 24.3 Å². The fraction of sp³-hybridized carbons (Fsp3) is 0.150. The summed E-state index contributed by atoms with van der Waals surface area (Å²) in [6.07, 6.45) is 1.58. The second-order valence-corrected chi connectivity index (χ2v) is 5.56. The summed E-state index contributed by atoms with van der Waals surface area (Å²) in [5, 5.41) is 0. The summed E-state index contributed by atoms with van der Waals surface area (Å²) < 4.78 is 23.8. The number of furan rings is 1. The molecule has 128 valence electrons. The van der Waals surface area contributed by atoms with Gasteiger partial charge in [0.15, 0.2) is 6.61 Å². The first-order chi connectivity index (χ1) is 12.2. The molecule has 0 fully saturated rings. The monoisotopic (exact) mass is 339 g/mol. The predicted molar refractivity (Wildman–Crippen MR) is 91.3 cm³/mol. The molecule has 0 unspecified atom stereocenters. The van der Waals surface area contributed by atoms with E-state index in [9.17, 15) is 9.18 Å². The molecule has 0 spiro atoms. The number of halogens is 1. The van der Waals surface area contributed by atoms with Crippen molar-refractivity contribution < 1.29 is 18.3 Å². The Balaban J connectivity index is 1.66. The SMILES string of the molecule is O=C(COc1ccc(F)cc1)N(Cc1ccccc1)Cc1ccco1. The zero-order chi connectivity index (χ0) is 17.5. The summed E-state index contributed by atoms with van der Waals surface area (Å²) >= 11 is 0. The predicted octanol–water partition coefficient (Wildman–Crippen LogP) is 4.03. The number of hydrogen-bond acceptors (Lipinski definition) is 3. The maximum atomic E-state index is 12.9. The lowest BCUT2D eigenvalue weighted by Crippen LogP contribution is -2.34. The number of hydrogen-bond donors (Lipinski definition) is 0. The average molecular weight is 339 g/mol. The molecule has 1 amide bonds. The van der Waals surface area contributed by atoms with Crippen molar-refractivity contribution in [2.45, 2.75) is 13.1 Å². The van der Waals surface area contributed by atoms with Crippen molar-refractivity contribution in [3.05, 3.63) is 90.1 Å². The number of nitrogens with zero attached hydrogens (tertiary/aromatic N) is 1. The summed E-state index contributed by atoms with van der Waals surface area (Å²) in [7, 11) is 0. The molecule has 0 aliphatic heterocycles. The van der Waals surface area contributed by atoms with E-state index >= 15 is 0 Å². The molecule has 25 heavy (non-hydrogen) atoms. The maximum Gasteiger partial charge on any atom is 0.261 e. The van der Waals surface area contributed by atoms with Crippen LogP contribution in [0.25, 0.3) is 0 Å². The number of ether oxygens (including phenoxy) is 1. The fourth-order valence-electron chi connectivity index (χ4n) is 2.39. The van der Waals surface area contributed by atoms with Crippen LogP contribution in [0.2, 0.25) is 0 Å². The summed E-state index contributed by atoms with van der Waals surface area (Å²) in [5.41, 5.74) is 1.02. The second kappa shape index (κ2) is 8.15. The second-order valence-electron chi connectivity index (χ2n) is 5.56. The topological polar surface area (TPSA) is 42.7 Å². The van der Waals surface area contributed by atoms with Crippen LogP contribution in [0.1, 0.15) is 11.3 Å². The normalized spacial score (nSPS) is 10.4. The van der Waals surface area contributed by atoms with Gasteiger partial charge in [-0.05, 0) is 42.0 Å². The summed E-state index contributed by atoms with van der Waals surface area (Å²) in [4.78, 5) is 14.3. The number of amides is 1. The van der Waals surface area contributed by atoms with Crippen LogP contribution in [0.4, 0.5) is 4.39 Å². The van der Waals surface area contributed by atoms with Crippen LogP contribution in [-0.2, 0) is 17.9 Å². The highest BCUT2D eigenvalue weighted by atomic mass is 19.1. The summed E-state index contributed by atoms with van der Waals surface area (Å²) in [6, 6.07) is 18.9. The van der Waals surface area contributed by atoms with Crippen LogP contribution in [0.5, 0.6) is 5.75 Å². The van der Waals surface area contributed by atoms with Gasteiger partial charge in [0.25, 0.3) is 5.91 Å². The molecule has 0 atom stereocenters. The van der Waals surface area contributed by atoms with Crippen molar-refractivity contribution in [3.8, 4) is 5.75 Å². The Labute approximate surface area is 145 Å². The highest BCUT2D eigenvalue weighted by molar-refractivity contribution is 5.77. The summed E-state index contributed by atoms with van der Waals surface area (Å²) in [6.45, 7) is 0.680. The minimum atomic E-state index is -0.345. The zero-order valence-corrected chi connectivity index (χ0v) is 13.6. The van der Waals surface area contributed by atoms with Crippen molar-refractivity contribution in [3.63, 3.8) is 0 Å². The lowest BCUT2D eigenvalue weighted by molar-refractivity contribution is -0.134. The molecule has 5 heteroatoms. The van der Waals surface area contributed by atoms with Crippen LogP contribution in [0.3, 0.4) is 0 Å². The first-order valence-corrected chi connectivity index (χ1v) is 7.93. The number of carbonyl (C=O) groups excluding carboxylic acids is 1. The lowest BCUT2D eigenvalue weighted by atomic mass is 10.2. The van der Waals surface area contributed by atoms with Crippen LogP contribution in [0, 0.1) is 5.82 Å². The Bertz CT molecular complexity index is 786. The Hall–Kier alpha value is -3.08. The summed E-state index contributed by atoms with van der Waals surface area (Å²) in [5.74, 6) is 0.630. The van der Waals surface area contributed by atoms with Crippen LogP contribution in [0.15, 0.2) is 77.4 Å². The van der Waals surface area contributed by atoms with Gasteiger partial charge in [-0.25, -0.2) is 4.39 Å². The van der Waals surface area contributed by atoms with E-state index in [0.717, 1.165) is 5.56 Å². The molecule has 0 saturated carbocycles. The molecule has 1 aromatic heterocycles. The third-order valence-corrected chi connectivity index (χ3v) is 3.67. The van der Waals surface area contributed by atoms with E-state index in [1.54, 1.807) is 17.2 Å². The van der Waals surface area contributed by atoms with Gasteiger partial charge in [-0.2, -0.15) is 0 Å². The molecule has 3 rings (SSSR count). The van der Waals surface area contributed by atoms with E-state index in [-0.39, 0.29) is 18.3 Å². The fourth-order valence-corrected chi connectivity index (χ4v) is 2.39. The molecular formula is C20H18FNO3. The van der Waals surface area contributed by atoms with Gasteiger partial charge < -0.3 is 14.1 Å². The Morgan fingerprint density at radius 1 is 0.960 bits per heavy atom. The average Bonchev–Trinajstić information content (AvgIpc) is 3.14. The molecule has 4 nitrogen and oxygen atoms in total. The van der Waals surface area contributed by atoms with Crippen molar-refractivity contribution in [2.24, 2.45) is 0 Å². The van der Waals surface area contributed by atoms with Crippen molar-refractivity contribution >= 4 is 5.91 Å².